The van der Waals surface area contributed by atoms with Crippen molar-refractivity contribution in [2.75, 3.05) is 0 Å². The van der Waals surface area contributed by atoms with Gasteiger partial charge in [0.05, 0.1) is 0 Å². The summed E-state index contributed by atoms with van der Waals surface area (Å²) in [4.78, 5) is 15.8. The number of aryl methyl sites for hydroxylation is 1. The lowest BCUT2D eigenvalue weighted by Gasteiger charge is -2.23. The summed E-state index contributed by atoms with van der Waals surface area (Å²) in [6.07, 6.45) is -4.27. The molecule has 1 atom stereocenters. The van der Waals surface area contributed by atoms with E-state index >= 15 is 0 Å². The van der Waals surface area contributed by atoms with E-state index in [1.54, 1.807) is 12.1 Å². The molecule has 0 saturated heterocycles. The lowest BCUT2D eigenvalue weighted by atomic mass is 9.89. The van der Waals surface area contributed by atoms with Crippen LogP contribution in [-0.2, 0) is 12.6 Å². The quantitative estimate of drug-likeness (QED) is 0.849. The van der Waals surface area contributed by atoms with Gasteiger partial charge in [-0.2, -0.15) is 13.2 Å². The van der Waals surface area contributed by atoms with E-state index in [0.29, 0.717) is 18.4 Å². The highest BCUT2D eigenvalue weighted by atomic mass is 19.4. The van der Waals surface area contributed by atoms with Crippen molar-refractivity contribution in [3.8, 4) is 5.88 Å². The van der Waals surface area contributed by atoms with Crippen molar-refractivity contribution < 1.29 is 22.7 Å². The predicted molar refractivity (Wildman–Crippen MR) is 72.7 cm³/mol. The van der Waals surface area contributed by atoms with Crippen LogP contribution in [0.15, 0.2) is 42.5 Å². The maximum Gasteiger partial charge on any atom is 0.433 e. The first kappa shape index (κ1) is 14.6. The van der Waals surface area contributed by atoms with E-state index in [9.17, 15) is 18.0 Å². The Bertz CT molecular complexity index is 713. The van der Waals surface area contributed by atoms with Crippen LogP contribution in [0.4, 0.5) is 13.2 Å². The molecule has 0 saturated carbocycles. The predicted octanol–water partition coefficient (Wildman–Crippen LogP) is 3.68. The van der Waals surface area contributed by atoms with Crippen molar-refractivity contribution in [3.63, 3.8) is 0 Å². The van der Waals surface area contributed by atoms with E-state index in [4.69, 9.17) is 4.74 Å². The summed E-state index contributed by atoms with van der Waals surface area (Å²) >= 11 is 0. The summed E-state index contributed by atoms with van der Waals surface area (Å²) < 4.78 is 43.3. The van der Waals surface area contributed by atoms with Crippen molar-refractivity contribution in [3.05, 3.63) is 59.3 Å². The lowest BCUT2D eigenvalue weighted by molar-refractivity contribution is -0.141. The molecular formula is C16H12F3NO2. The molecule has 0 N–H and O–H groups in total. The summed E-state index contributed by atoms with van der Waals surface area (Å²) in [5.74, 6) is -0.409. The van der Waals surface area contributed by atoms with E-state index in [2.05, 4.69) is 4.98 Å². The number of ketones is 1. The van der Waals surface area contributed by atoms with Crippen LogP contribution < -0.4 is 4.74 Å². The number of aromatic nitrogens is 1. The zero-order chi connectivity index (χ0) is 15.7. The Kier molecular flexibility index (Phi) is 3.60. The van der Waals surface area contributed by atoms with Crippen LogP contribution in [0.5, 0.6) is 5.88 Å². The Morgan fingerprint density at radius 3 is 2.64 bits per heavy atom. The molecule has 1 aromatic carbocycles. The molecule has 6 heteroatoms. The number of hydrogen-bond acceptors (Lipinski definition) is 3. The highest BCUT2D eigenvalue weighted by molar-refractivity contribution is 6.01. The molecule has 0 bridgehead atoms. The number of fused-ring (bicyclic) bond motifs is 1. The van der Waals surface area contributed by atoms with Gasteiger partial charge in [-0.05, 0) is 24.5 Å². The summed E-state index contributed by atoms with van der Waals surface area (Å²) in [6, 6.07) is 10.6. The van der Waals surface area contributed by atoms with Crippen LogP contribution in [0.3, 0.4) is 0 Å². The molecule has 2 aromatic rings. The van der Waals surface area contributed by atoms with Gasteiger partial charge in [0.1, 0.15) is 5.69 Å². The molecule has 22 heavy (non-hydrogen) atoms. The maximum absolute atomic E-state index is 12.6. The Hall–Kier alpha value is -2.37. The zero-order valence-corrected chi connectivity index (χ0v) is 11.4. The Morgan fingerprint density at radius 2 is 1.86 bits per heavy atom. The monoisotopic (exact) mass is 307 g/mol. The van der Waals surface area contributed by atoms with Crippen LogP contribution >= 0.6 is 0 Å². The summed E-state index contributed by atoms with van der Waals surface area (Å²) in [6.45, 7) is 0. The zero-order valence-electron chi connectivity index (χ0n) is 11.4. The van der Waals surface area contributed by atoms with Gasteiger partial charge in [-0.3, -0.25) is 4.79 Å². The average Bonchev–Trinajstić information content (AvgIpc) is 2.50. The molecule has 1 aliphatic carbocycles. The number of Topliss-reactive ketones (excluding diaryl/α,β-unsaturated/α-hetero) is 1. The van der Waals surface area contributed by atoms with Crippen molar-refractivity contribution in [1.29, 1.82) is 0 Å². The molecule has 1 aliphatic rings. The molecule has 114 valence electrons. The summed E-state index contributed by atoms with van der Waals surface area (Å²) in [5.41, 5.74) is 0.462. The minimum atomic E-state index is -4.54. The molecule has 3 nitrogen and oxygen atoms in total. The number of halogens is 3. The molecular weight excluding hydrogens is 295 g/mol. The summed E-state index contributed by atoms with van der Waals surface area (Å²) in [5, 5.41) is 0. The third-order valence-electron chi connectivity index (χ3n) is 3.53. The van der Waals surface area contributed by atoms with Gasteiger partial charge in [-0.25, -0.2) is 4.98 Å². The number of rotatable bonds is 2. The minimum absolute atomic E-state index is 0.187. The fourth-order valence-electron chi connectivity index (χ4n) is 2.47. The molecule has 1 aromatic heterocycles. The van der Waals surface area contributed by atoms with Crippen molar-refractivity contribution in [2.24, 2.45) is 0 Å². The third kappa shape index (κ3) is 2.81. The van der Waals surface area contributed by atoms with Crippen LogP contribution in [0.2, 0.25) is 0 Å². The number of benzene rings is 1. The smallest absolute Gasteiger partial charge is 0.433 e. The van der Waals surface area contributed by atoms with Crippen LogP contribution in [-0.4, -0.2) is 16.9 Å². The molecule has 1 unspecified atom stereocenters. The number of hydrogen-bond donors (Lipinski definition) is 0. The fraction of sp³-hybridized carbons (Fsp3) is 0.250. The minimum Gasteiger partial charge on any atom is -0.466 e. The van der Waals surface area contributed by atoms with Crippen LogP contribution in [0.1, 0.15) is 28.0 Å². The van der Waals surface area contributed by atoms with Gasteiger partial charge >= 0.3 is 6.18 Å². The maximum atomic E-state index is 12.6. The van der Waals surface area contributed by atoms with E-state index in [1.807, 2.05) is 12.1 Å². The van der Waals surface area contributed by atoms with Crippen molar-refractivity contribution in [2.45, 2.75) is 25.1 Å². The SMILES string of the molecule is O=C1c2ccccc2CCC1Oc1cccc(C(F)(F)F)n1. The number of pyridine rings is 1. The van der Waals surface area contributed by atoms with Gasteiger partial charge in [0.15, 0.2) is 6.10 Å². The second-order valence-electron chi connectivity index (χ2n) is 5.03. The normalized spacial score (nSPS) is 18.0. The number of alkyl halides is 3. The lowest BCUT2D eigenvalue weighted by Crippen LogP contribution is -2.33. The third-order valence-corrected chi connectivity index (χ3v) is 3.53. The second-order valence-corrected chi connectivity index (χ2v) is 5.03. The molecule has 3 rings (SSSR count). The standard InChI is InChI=1S/C16H12F3NO2/c17-16(18,19)13-6-3-7-14(20-13)22-12-9-8-10-4-1-2-5-11(10)15(12)21/h1-7,12H,8-9H2. The largest absolute Gasteiger partial charge is 0.466 e. The average molecular weight is 307 g/mol. The second kappa shape index (κ2) is 5.44. The van der Waals surface area contributed by atoms with E-state index in [1.165, 1.54) is 12.1 Å². The fourth-order valence-corrected chi connectivity index (χ4v) is 2.47. The number of ether oxygens (including phenoxy) is 1. The Morgan fingerprint density at radius 1 is 1.09 bits per heavy atom. The Labute approximate surface area is 124 Å². The first-order valence-electron chi connectivity index (χ1n) is 6.78. The Balaban J connectivity index is 1.82. The van der Waals surface area contributed by atoms with Gasteiger partial charge in [0.2, 0.25) is 11.7 Å². The van der Waals surface area contributed by atoms with E-state index in [0.717, 1.165) is 11.6 Å². The van der Waals surface area contributed by atoms with Gasteiger partial charge in [0, 0.05) is 11.6 Å². The van der Waals surface area contributed by atoms with Crippen molar-refractivity contribution in [1.82, 2.24) is 4.98 Å². The number of nitrogens with zero attached hydrogens (tertiary/aromatic N) is 1. The molecule has 0 aliphatic heterocycles. The van der Waals surface area contributed by atoms with Crippen LogP contribution in [0.25, 0.3) is 0 Å². The first-order chi connectivity index (χ1) is 10.4. The molecule has 0 spiro atoms. The number of carbonyl (C=O) groups is 1. The first-order valence-corrected chi connectivity index (χ1v) is 6.78. The topological polar surface area (TPSA) is 39.2 Å². The molecule has 0 radical (unpaired) electrons. The summed E-state index contributed by atoms with van der Waals surface area (Å²) in [7, 11) is 0. The molecule has 1 heterocycles. The molecule has 0 fully saturated rings. The van der Waals surface area contributed by atoms with Gasteiger partial charge in [-0.1, -0.05) is 30.3 Å². The van der Waals surface area contributed by atoms with E-state index in [-0.39, 0.29) is 11.7 Å². The molecule has 0 amide bonds. The van der Waals surface area contributed by atoms with Gasteiger partial charge in [0.25, 0.3) is 0 Å². The van der Waals surface area contributed by atoms with Gasteiger partial charge < -0.3 is 4.74 Å². The van der Waals surface area contributed by atoms with Crippen molar-refractivity contribution >= 4 is 5.78 Å². The van der Waals surface area contributed by atoms with Gasteiger partial charge in [-0.15, -0.1) is 0 Å². The van der Waals surface area contributed by atoms with Crippen LogP contribution in [0, 0.1) is 0 Å². The highest BCUT2D eigenvalue weighted by Gasteiger charge is 2.33. The number of carbonyl (C=O) groups excluding carboxylic acids is 1. The highest BCUT2D eigenvalue weighted by Crippen LogP contribution is 2.30. The van der Waals surface area contributed by atoms with E-state index < -0.39 is 18.0 Å².